The summed E-state index contributed by atoms with van der Waals surface area (Å²) in [5, 5.41) is 4.18. The van der Waals surface area contributed by atoms with E-state index in [-0.39, 0.29) is 12.0 Å². The van der Waals surface area contributed by atoms with E-state index in [0.717, 1.165) is 18.4 Å². The largest absolute Gasteiger partial charge is 0.493 e. The molecule has 2 aromatic rings. The van der Waals surface area contributed by atoms with Gasteiger partial charge in [-0.15, -0.1) is 0 Å². The fourth-order valence-corrected chi connectivity index (χ4v) is 2.37. The normalized spacial score (nSPS) is 14.9. The molecule has 3 rings (SSSR count). The van der Waals surface area contributed by atoms with Crippen molar-refractivity contribution >= 4 is 17.5 Å². The lowest BCUT2D eigenvalue weighted by Crippen LogP contribution is -2.24. The second-order valence-electron chi connectivity index (χ2n) is 4.76. The molecule has 0 bridgehead atoms. The average molecular weight is 295 g/mol. The SMILES string of the molecule is COc1cc(Cl)c(-c2cnoc2N)cc1OC1CCC1. The highest BCUT2D eigenvalue weighted by atomic mass is 35.5. The molecule has 5 nitrogen and oxygen atoms in total. The molecule has 1 aromatic heterocycles. The topological polar surface area (TPSA) is 70.5 Å². The first kappa shape index (κ1) is 13.1. The summed E-state index contributed by atoms with van der Waals surface area (Å²) in [6, 6.07) is 3.54. The highest BCUT2D eigenvalue weighted by molar-refractivity contribution is 6.33. The van der Waals surface area contributed by atoms with Crippen LogP contribution in [0.1, 0.15) is 19.3 Å². The van der Waals surface area contributed by atoms with Crippen molar-refractivity contribution in [1.29, 1.82) is 0 Å². The summed E-state index contributed by atoms with van der Waals surface area (Å²) in [5.74, 6) is 1.50. The van der Waals surface area contributed by atoms with Crippen molar-refractivity contribution in [2.24, 2.45) is 0 Å². The minimum atomic E-state index is 0.228. The summed E-state index contributed by atoms with van der Waals surface area (Å²) in [4.78, 5) is 0. The number of methoxy groups -OCH3 is 1. The number of anilines is 1. The molecular formula is C14H15ClN2O3. The molecule has 1 aliphatic rings. The number of halogens is 1. The maximum atomic E-state index is 6.27. The zero-order chi connectivity index (χ0) is 14.1. The molecule has 0 unspecified atom stereocenters. The van der Waals surface area contributed by atoms with E-state index in [1.165, 1.54) is 12.6 Å². The maximum absolute atomic E-state index is 6.27. The fourth-order valence-electron chi connectivity index (χ4n) is 2.11. The van der Waals surface area contributed by atoms with Gasteiger partial charge in [0.1, 0.15) is 0 Å². The van der Waals surface area contributed by atoms with Crippen LogP contribution in [0.15, 0.2) is 22.9 Å². The van der Waals surface area contributed by atoms with Gasteiger partial charge in [0.2, 0.25) is 5.88 Å². The van der Waals surface area contributed by atoms with Gasteiger partial charge in [0.15, 0.2) is 11.5 Å². The van der Waals surface area contributed by atoms with Crippen LogP contribution in [0.3, 0.4) is 0 Å². The average Bonchev–Trinajstić information content (AvgIpc) is 2.81. The van der Waals surface area contributed by atoms with Crippen LogP contribution >= 0.6 is 11.6 Å². The Morgan fingerprint density at radius 3 is 2.65 bits per heavy atom. The second kappa shape index (κ2) is 5.25. The van der Waals surface area contributed by atoms with Crippen LogP contribution in [-0.2, 0) is 0 Å². The van der Waals surface area contributed by atoms with Crippen molar-refractivity contribution in [3.05, 3.63) is 23.4 Å². The highest BCUT2D eigenvalue weighted by Crippen LogP contribution is 2.41. The molecule has 1 heterocycles. The Balaban J connectivity index is 2.01. The third kappa shape index (κ3) is 2.29. The van der Waals surface area contributed by atoms with Crippen molar-refractivity contribution in [3.63, 3.8) is 0 Å². The van der Waals surface area contributed by atoms with Gasteiger partial charge in [-0.1, -0.05) is 16.8 Å². The monoisotopic (exact) mass is 294 g/mol. The van der Waals surface area contributed by atoms with Gasteiger partial charge in [-0.2, -0.15) is 0 Å². The van der Waals surface area contributed by atoms with Gasteiger partial charge in [0.25, 0.3) is 0 Å². The van der Waals surface area contributed by atoms with E-state index < -0.39 is 0 Å². The molecule has 6 heteroatoms. The van der Waals surface area contributed by atoms with E-state index in [9.17, 15) is 0 Å². The van der Waals surface area contributed by atoms with Gasteiger partial charge in [-0.25, -0.2) is 0 Å². The van der Waals surface area contributed by atoms with Crippen molar-refractivity contribution in [2.45, 2.75) is 25.4 Å². The van der Waals surface area contributed by atoms with Crippen LogP contribution in [0.2, 0.25) is 5.02 Å². The smallest absolute Gasteiger partial charge is 0.230 e. The summed E-state index contributed by atoms with van der Waals surface area (Å²) >= 11 is 6.27. The summed E-state index contributed by atoms with van der Waals surface area (Å²) in [6.45, 7) is 0. The van der Waals surface area contributed by atoms with E-state index in [1.807, 2.05) is 6.07 Å². The summed E-state index contributed by atoms with van der Waals surface area (Å²) < 4.78 is 16.1. The molecular weight excluding hydrogens is 280 g/mol. The van der Waals surface area contributed by atoms with E-state index in [0.29, 0.717) is 22.1 Å². The third-order valence-corrected chi connectivity index (χ3v) is 3.80. The predicted octanol–water partition coefficient (Wildman–Crippen LogP) is 3.52. The van der Waals surface area contributed by atoms with Crippen LogP contribution in [0.4, 0.5) is 5.88 Å². The highest BCUT2D eigenvalue weighted by Gasteiger charge is 2.22. The van der Waals surface area contributed by atoms with Gasteiger partial charge in [0, 0.05) is 11.6 Å². The Labute approximate surface area is 121 Å². The number of hydrogen-bond donors (Lipinski definition) is 1. The quantitative estimate of drug-likeness (QED) is 0.934. The molecule has 106 valence electrons. The molecule has 0 saturated heterocycles. The Hall–Kier alpha value is -1.88. The fraction of sp³-hybridized carbons (Fsp3) is 0.357. The lowest BCUT2D eigenvalue weighted by Gasteiger charge is -2.27. The van der Waals surface area contributed by atoms with E-state index >= 15 is 0 Å². The number of aromatic nitrogens is 1. The lowest BCUT2D eigenvalue weighted by atomic mass is 9.96. The minimum absolute atomic E-state index is 0.228. The van der Waals surface area contributed by atoms with Crippen LogP contribution in [0.25, 0.3) is 11.1 Å². The maximum Gasteiger partial charge on any atom is 0.230 e. The van der Waals surface area contributed by atoms with Gasteiger partial charge in [-0.3, -0.25) is 0 Å². The first-order chi connectivity index (χ1) is 9.69. The van der Waals surface area contributed by atoms with Crippen LogP contribution < -0.4 is 15.2 Å². The lowest BCUT2D eigenvalue weighted by molar-refractivity contribution is 0.116. The molecule has 2 N–H and O–H groups in total. The van der Waals surface area contributed by atoms with Crippen molar-refractivity contribution in [2.75, 3.05) is 12.8 Å². The summed E-state index contributed by atoms with van der Waals surface area (Å²) in [7, 11) is 1.59. The van der Waals surface area contributed by atoms with E-state index in [4.69, 9.17) is 31.3 Å². The first-order valence-electron chi connectivity index (χ1n) is 6.43. The predicted molar refractivity (Wildman–Crippen MR) is 76.2 cm³/mol. The number of nitrogens with zero attached hydrogens (tertiary/aromatic N) is 1. The molecule has 1 aromatic carbocycles. The standard InChI is InChI=1S/C14H15ClN2O3/c1-18-12-6-11(15)9(10-7-17-20-14(10)16)5-13(12)19-8-3-2-4-8/h5-8H,2-4,16H2,1H3. The Bertz CT molecular complexity index is 623. The van der Waals surface area contributed by atoms with Gasteiger partial charge < -0.3 is 19.7 Å². The molecule has 1 saturated carbocycles. The molecule has 1 aliphatic carbocycles. The summed E-state index contributed by atoms with van der Waals surface area (Å²) in [5.41, 5.74) is 7.11. The van der Waals surface area contributed by atoms with Crippen LogP contribution in [0, 0.1) is 0 Å². The molecule has 0 atom stereocenters. The number of nitrogens with two attached hydrogens (primary N) is 1. The number of nitrogen functional groups attached to an aromatic ring is 1. The van der Waals surface area contributed by atoms with E-state index in [1.54, 1.807) is 13.2 Å². The molecule has 0 aliphatic heterocycles. The van der Waals surface area contributed by atoms with Gasteiger partial charge in [0.05, 0.1) is 30.0 Å². The van der Waals surface area contributed by atoms with Gasteiger partial charge >= 0.3 is 0 Å². The molecule has 1 fully saturated rings. The van der Waals surface area contributed by atoms with Crippen LogP contribution in [0.5, 0.6) is 11.5 Å². The van der Waals surface area contributed by atoms with Crippen molar-refractivity contribution in [1.82, 2.24) is 5.16 Å². The second-order valence-corrected chi connectivity index (χ2v) is 5.16. The van der Waals surface area contributed by atoms with E-state index in [2.05, 4.69) is 5.16 Å². The van der Waals surface area contributed by atoms with Crippen molar-refractivity contribution < 1.29 is 14.0 Å². The van der Waals surface area contributed by atoms with Crippen LogP contribution in [-0.4, -0.2) is 18.4 Å². The molecule has 0 spiro atoms. The molecule has 20 heavy (non-hydrogen) atoms. The Morgan fingerprint density at radius 2 is 2.10 bits per heavy atom. The number of ether oxygens (including phenoxy) is 2. The molecule has 0 radical (unpaired) electrons. The summed E-state index contributed by atoms with van der Waals surface area (Å²) in [6.07, 6.45) is 5.12. The van der Waals surface area contributed by atoms with Crippen molar-refractivity contribution in [3.8, 4) is 22.6 Å². The Morgan fingerprint density at radius 1 is 1.30 bits per heavy atom. The zero-order valence-electron chi connectivity index (χ0n) is 11.1. The minimum Gasteiger partial charge on any atom is -0.493 e. The van der Waals surface area contributed by atoms with Gasteiger partial charge in [-0.05, 0) is 25.3 Å². The Kier molecular flexibility index (Phi) is 3.44. The first-order valence-corrected chi connectivity index (χ1v) is 6.81. The number of hydrogen-bond acceptors (Lipinski definition) is 5. The number of benzene rings is 1. The zero-order valence-corrected chi connectivity index (χ0v) is 11.8. The third-order valence-electron chi connectivity index (χ3n) is 3.49. The molecule has 0 amide bonds. The number of rotatable bonds is 4.